The van der Waals surface area contributed by atoms with Crippen LogP contribution in [0.15, 0.2) is 0 Å². The molecular weight excluding hydrogens is 190 g/mol. The van der Waals surface area contributed by atoms with E-state index in [4.69, 9.17) is 5.11 Å². The van der Waals surface area contributed by atoms with Crippen molar-refractivity contribution < 1.29 is 9.90 Å². The van der Waals surface area contributed by atoms with Crippen LogP contribution < -0.4 is 5.32 Å². The van der Waals surface area contributed by atoms with Crippen molar-refractivity contribution in [1.29, 1.82) is 0 Å². The molecule has 3 heteroatoms. The lowest BCUT2D eigenvalue weighted by atomic mass is 9.67. The van der Waals surface area contributed by atoms with Gasteiger partial charge in [-0.05, 0) is 31.1 Å². The van der Waals surface area contributed by atoms with E-state index >= 15 is 0 Å². The first-order valence-electron chi connectivity index (χ1n) is 6.10. The molecule has 0 amide bonds. The molecule has 0 heterocycles. The maximum atomic E-state index is 10.9. The zero-order chi connectivity index (χ0) is 11.3. The molecule has 0 saturated heterocycles. The maximum absolute atomic E-state index is 10.9. The summed E-state index contributed by atoms with van der Waals surface area (Å²) in [6.07, 6.45) is 6.64. The number of rotatable bonds is 7. The highest BCUT2D eigenvalue weighted by atomic mass is 16.4. The van der Waals surface area contributed by atoms with Crippen molar-refractivity contribution in [3.8, 4) is 0 Å². The molecule has 1 saturated carbocycles. The van der Waals surface area contributed by atoms with Gasteiger partial charge in [0.25, 0.3) is 0 Å². The van der Waals surface area contributed by atoms with Crippen LogP contribution in [0, 0.1) is 5.41 Å². The highest BCUT2D eigenvalue weighted by Crippen LogP contribution is 2.43. The average molecular weight is 213 g/mol. The fourth-order valence-electron chi connectivity index (χ4n) is 2.27. The first-order valence-corrected chi connectivity index (χ1v) is 6.10. The van der Waals surface area contributed by atoms with Crippen molar-refractivity contribution in [2.24, 2.45) is 5.41 Å². The van der Waals surface area contributed by atoms with Gasteiger partial charge in [-0.3, -0.25) is 4.79 Å². The van der Waals surface area contributed by atoms with Crippen LogP contribution in [0.4, 0.5) is 0 Å². The Labute approximate surface area is 92.3 Å². The van der Waals surface area contributed by atoms with Gasteiger partial charge >= 0.3 is 5.97 Å². The Hall–Kier alpha value is -0.570. The van der Waals surface area contributed by atoms with E-state index in [1.165, 1.54) is 25.7 Å². The summed E-state index contributed by atoms with van der Waals surface area (Å²) in [5.74, 6) is -0.706. The van der Waals surface area contributed by atoms with Gasteiger partial charge < -0.3 is 10.4 Å². The number of hydrogen-bond acceptors (Lipinski definition) is 2. The molecule has 1 unspecified atom stereocenters. The van der Waals surface area contributed by atoms with Gasteiger partial charge in [-0.25, -0.2) is 0 Å². The Balaban J connectivity index is 2.35. The van der Waals surface area contributed by atoms with Crippen LogP contribution in [0.1, 0.15) is 52.4 Å². The smallest absolute Gasteiger partial charge is 0.320 e. The van der Waals surface area contributed by atoms with E-state index in [1.807, 2.05) is 6.92 Å². The highest BCUT2D eigenvalue weighted by molar-refractivity contribution is 5.73. The quantitative estimate of drug-likeness (QED) is 0.682. The van der Waals surface area contributed by atoms with E-state index in [0.717, 1.165) is 19.4 Å². The predicted octanol–water partition coefficient (Wildman–Crippen LogP) is 2.41. The van der Waals surface area contributed by atoms with Crippen molar-refractivity contribution in [3.05, 3.63) is 0 Å². The summed E-state index contributed by atoms with van der Waals surface area (Å²) >= 11 is 0. The summed E-state index contributed by atoms with van der Waals surface area (Å²) in [7, 11) is 0. The van der Waals surface area contributed by atoms with Gasteiger partial charge in [0.05, 0.1) is 0 Å². The Morgan fingerprint density at radius 2 is 2.13 bits per heavy atom. The van der Waals surface area contributed by atoms with Crippen LogP contribution in [0.5, 0.6) is 0 Å². The lowest BCUT2D eigenvalue weighted by Gasteiger charge is -2.42. The maximum Gasteiger partial charge on any atom is 0.320 e. The third-order valence-corrected chi connectivity index (χ3v) is 3.76. The van der Waals surface area contributed by atoms with Crippen molar-refractivity contribution >= 4 is 5.97 Å². The van der Waals surface area contributed by atoms with Gasteiger partial charge in [0.2, 0.25) is 0 Å². The number of carboxylic acids is 1. The molecular formula is C12H23NO2. The Bertz CT molecular complexity index is 206. The van der Waals surface area contributed by atoms with Gasteiger partial charge in [0, 0.05) is 6.54 Å². The van der Waals surface area contributed by atoms with E-state index in [0.29, 0.717) is 5.41 Å². The minimum Gasteiger partial charge on any atom is -0.480 e. The summed E-state index contributed by atoms with van der Waals surface area (Å²) in [6.45, 7) is 5.10. The molecule has 2 N–H and O–H groups in total. The number of hydrogen-bond donors (Lipinski definition) is 2. The van der Waals surface area contributed by atoms with Crippen LogP contribution in [-0.2, 0) is 4.79 Å². The second kappa shape index (κ2) is 5.50. The van der Waals surface area contributed by atoms with Crippen LogP contribution in [-0.4, -0.2) is 23.7 Å². The Morgan fingerprint density at radius 3 is 2.47 bits per heavy atom. The van der Waals surface area contributed by atoms with Crippen molar-refractivity contribution in [3.63, 3.8) is 0 Å². The number of aliphatic carboxylic acids is 1. The molecule has 1 aliphatic rings. The van der Waals surface area contributed by atoms with E-state index in [9.17, 15) is 4.79 Å². The molecule has 1 fully saturated rings. The third kappa shape index (κ3) is 3.20. The second-order valence-corrected chi connectivity index (χ2v) is 4.77. The molecule has 1 aliphatic carbocycles. The molecule has 1 atom stereocenters. The van der Waals surface area contributed by atoms with Crippen LogP contribution in [0.25, 0.3) is 0 Å². The molecule has 3 nitrogen and oxygen atoms in total. The topological polar surface area (TPSA) is 49.3 Å². The molecule has 1 rings (SSSR count). The first-order chi connectivity index (χ1) is 7.13. The zero-order valence-corrected chi connectivity index (χ0v) is 9.88. The Morgan fingerprint density at radius 1 is 1.47 bits per heavy atom. The molecule has 0 spiro atoms. The van der Waals surface area contributed by atoms with Crippen molar-refractivity contribution in [1.82, 2.24) is 5.32 Å². The number of carbonyl (C=O) groups is 1. The fourth-order valence-corrected chi connectivity index (χ4v) is 2.27. The van der Waals surface area contributed by atoms with Crippen molar-refractivity contribution in [2.45, 2.75) is 58.4 Å². The SMILES string of the molecule is CCCC(NCC1(CC)CCC1)C(=O)O. The molecule has 88 valence electrons. The van der Waals surface area contributed by atoms with Crippen LogP contribution >= 0.6 is 0 Å². The first kappa shape index (κ1) is 12.5. The van der Waals surface area contributed by atoms with Gasteiger partial charge in [-0.2, -0.15) is 0 Å². The molecule has 0 radical (unpaired) electrons. The lowest BCUT2D eigenvalue weighted by molar-refractivity contribution is -0.139. The summed E-state index contributed by atoms with van der Waals surface area (Å²) in [4.78, 5) is 10.9. The standard InChI is InChI=1S/C12H23NO2/c1-3-6-10(11(14)15)13-9-12(4-2)7-5-8-12/h10,13H,3-9H2,1-2H3,(H,14,15). The van der Waals surface area contributed by atoms with Crippen LogP contribution in [0.3, 0.4) is 0 Å². The molecule has 0 aromatic carbocycles. The molecule has 0 aromatic heterocycles. The minimum atomic E-state index is -0.706. The van der Waals surface area contributed by atoms with E-state index in [1.54, 1.807) is 0 Å². The molecule has 0 aromatic rings. The largest absolute Gasteiger partial charge is 0.480 e. The van der Waals surface area contributed by atoms with Gasteiger partial charge in [-0.15, -0.1) is 0 Å². The summed E-state index contributed by atoms with van der Waals surface area (Å²) < 4.78 is 0. The van der Waals surface area contributed by atoms with Gasteiger partial charge in [-0.1, -0.05) is 26.7 Å². The average Bonchev–Trinajstić information content (AvgIpc) is 2.14. The summed E-state index contributed by atoms with van der Waals surface area (Å²) in [5, 5.41) is 12.2. The fraction of sp³-hybridized carbons (Fsp3) is 0.917. The predicted molar refractivity (Wildman–Crippen MR) is 60.9 cm³/mol. The van der Waals surface area contributed by atoms with Gasteiger partial charge in [0.1, 0.15) is 6.04 Å². The molecule has 0 aliphatic heterocycles. The summed E-state index contributed by atoms with van der Waals surface area (Å²) in [5.41, 5.74) is 0.404. The van der Waals surface area contributed by atoms with E-state index < -0.39 is 5.97 Å². The lowest BCUT2D eigenvalue weighted by Crippen LogP contribution is -2.46. The summed E-state index contributed by atoms with van der Waals surface area (Å²) in [6, 6.07) is -0.348. The normalized spacial score (nSPS) is 20.7. The molecule has 15 heavy (non-hydrogen) atoms. The van der Waals surface area contributed by atoms with E-state index in [2.05, 4.69) is 12.2 Å². The van der Waals surface area contributed by atoms with Gasteiger partial charge in [0.15, 0.2) is 0 Å². The monoisotopic (exact) mass is 213 g/mol. The number of nitrogens with one attached hydrogen (secondary N) is 1. The van der Waals surface area contributed by atoms with E-state index in [-0.39, 0.29) is 6.04 Å². The van der Waals surface area contributed by atoms with Crippen molar-refractivity contribution in [2.75, 3.05) is 6.54 Å². The third-order valence-electron chi connectivity index (χ3n) is 3.76. The Kier molecular flexibility index (Phi) is 4.58. The highest BCUT2D eigenvalue weighted by Gasteiger charge is 2.35. The minimum absolute atomic E-state index is 0.348. The zero-order valence-electron chi connectivity index (χ0n) is 9.88. The molecule has 0 bridgehead atoms. The number of carboxylic acid groups (broad SMARTS) is 1. The van der Waals surface area contributed by atoms with Crippen LogP contribution in [0.2, 0.25) is 0 Å². The second-order valence-electron chi connectivity index (χ2n) is 4.77.